The van der Waals surface area contributed by atoms with Crippen LogP contribution in [0.25, 0.3) is 0 Å². The second-order valence-corrected chi connectivity index (χ2v) is 8.00. The van der Waals surface area contributed by atoms with Crippen LogP contribution >= 0.6 is 0 Å². The fourth-order valence-corrected chi connectivity index (χ4v) is 3.39. The van der Waals surface area contributed by atoms with E-state index in [-0.39, 0.29) is 18.2 Å². The molecular formula is C19H32N4O8. The van der Waals surface area contributed by atoms with Crippen LogP contribution in [0.2, 0.25) is 0 Å². The predicted molar refractivity (Wildman–Crippen MR) is 108 cm³/mol. The SMILES string of the molecule is CC(C)CC(N)C(=O)N1CCCC1C(=O)NC(CCC(=O)O)C(=O)NC(CO)C(=O)O. The Hall–Kier alpha value is -2.73. The summed E-state index contributed by atoms with van der Waals surface area (Å²) in [4.78, 5) is 61.2. The fraction of sp³-hybridized carbons (Fsp3) is 0.737. The number of nitrogens with zero attached hydrogens (tertiary/aromatic N) is 1. The Bertz CT molecular complexity index is 684. The van der Waals surface area contributed by atoms with Crippen molar-refractivity contribution in [3.05, 3.63) is 0 Å². The van der Waals surface area contributed by atoms with Crippen molar-refractivity contribution in [2.45, 2.75) is 70.1 Å². The third kappa shape index (κ3) is 8.13. The molecule has 0 aromatic carbocycles. The molecule has 12 nitrogen and oxygen atoms in total. The minimum absolute atomic E-state index is 0.187. The first-order valence-corrected chi connectivity index (χ1v) is 10.2. The first-order chi connectivity index (χ1) is 14.5. The monoisotopic (exact) mass is 444 g/mol. The number of carbonyl (C=O) groups is 5. The molecule has 31 heavy (non-hydrogen) atoms. The zero-order chi connectivity index (χ0) is 23.7. The summed E-state index contributed by atoms with van der Waals surface area (Å²) in [6, 6.07) is -4.58. The van der Waals surface area contributed by atoms with E-state index in [1.165, 1.54) is 4.90 Å². The highest BCUT2D eigenvalue weighted by atomic mass is 16.4. The Balaban J connectivity index is 2.90. The summed E-state index contributed by atoms with van der Waals surface area (Å²) in [5, 5.41) is 31.4. The molecule has 7 N–H and O–H groups in total. The molecule has 1 saturated heterocycles. The van der Waals surface area contributed by atoms with Crippen LogP contribution in [0.5, 0.6) is 0 Å². The summed E-state index contributed by atoms with van der Waals surface area (Å²) in [5.74, 6) is -4.46. The van der Waals surface area contributed by atoms with Crippen molar-refractivity contribution in [2.75, 3.05) is 13.2 Å². The highest BCUT2D eigenvalue weighted by Gasteiger charge is 2.38. The number of carbonyl (C=O) groups excluding carboxylic acids is 3. The van der Waals surface area contributed by atoms with Gasteiger partial charge in [-0.25, -0.2) is 4.79 Å². The lowest BCUT2D eigenvalue weighted by Crippen LogP contribution is -2.57. The van der Waals surface area contributed by atoms with Gasteiger partial charge in [-0.3, -0.25) is 19.2 Å². The van der Waals surface area contributed by atoms with Crippen molar-refractivity contribution in [3.63, 3.8) is 0 Å². The fourth-order valence-electron chi connectivity index (χ4n) is 3.39. The van der Waals surface area contributed by atoms with Gasteiger partial charge in [0, 0.05) is 13.0 Å². The van der Waals surface area contributed by atoms with Crippen LogP contribution in [0.4, 0.5) is 0 Å². The number of aliphatic carboxylic acids is 2. The van der Waals surface area contributed by atoms with E-state index in [0.29, 0.717) is 25.8 Å². The Kier molecular flexibility index (Phi) is 10.4. The number of aliphatic hydroxyl groups is 1. The first-order valence-electron chi connectivity index (χ1n) is 10.2. The number of aliphatic hydroxyl groups excluding tert-OH is 1. The third-order valence-electron chi connectivity index (χ3n) is 4.96. The van der Waals surface area contributed by atoms with Gasteiger partial charge in [0.05, 0.1) is 12.6 Å². The lowest BCUT2D eigenvalue weighted by molar-refractivity contribution is -0.144. The Labute approximate surface area is 180 Å². The van der Waals surface area contributed by atoms with Crippen molar-refractivity contribution in [1.82, 2.24) is 15.5 Å². The van der Waals surface area contributed by atoms with Crippen molar-refractivity contribution < 1.29 is 39.3 Å². The molecule has 0 aliphatic carbocycles. The van der Waals surface area contributed by atoms with Gasteiger partial charge in [0.25, 0.3) is 0 Å². The zero-order valence-electron chi connectivity index (χ0n) is 17.7. The van der Waals surface area contributed by atoms with Crippen LogP contribution in [0.1, 0.15) is 46.0 Å². The van der Waals surface area contributed by atoms with Crippen LogP contribution in [0.3, 0.4) is 0 Å². The van der Waals surface area contributed by atoms with Gasteiger partial charge < -0.3 is 36.6 Å². The predicted octanol–water partition coefficient (Wildman–Crippen LogP) is -1.74. The van der Waals surface area contributed by atoms with Crippen LogP contribution in [-0.2, 0) is 24.0 Å². The van der Waals surface area contributed by atoms with E-state index in [9.17, 15) is 24.0 Å². The molecule has 176 valence electrons. The molecule has 1 fully saturated rings. The number of rotatable bonds is 12. The minimum atomic E-state index is -1.60. The molecule has 1 aliphatic rings. The molecule has 0 saturated carbocycles. The average Bonchev–Trinajstić information content (AvgIpc) is 3.17. The molecule has 4 atom stereocenters. The van der Waals surface area contributed by atoms with E-state index in [1.807, 2.05) is 13.8 Å². The van der Waals surface area contributed by atoms with Gasteiger partial charge in [0.15, 0.2) is 0 Å². The van der Waals surface area contributed by atoms with Crippen molar-refractivity contribution >= 4 is 29.7 Å². The number of nitrogens with one attached hydrogen (secondary N) is 2. The summed E-state index contributed by atoms with van der Waals surface area (Å²) >= 11 is 0. The zero-order valence-corrected chi connectivity index (χ0v) is 17.7. The molecule has 0 radical (unpaired) electrons. The van der Waals surface area contributed by atoms with Gasteiger partial charge in [-0.15, -0.1) is 0 Å². The molecule has 1 aliphatic heterocycles. The highest BCUT2D eigenvalue weighted by Crippen LogP contribution is 2.20. The van der Waals surface area contributed by atoms with Crippen molar-refractivity contribution in [1.29, 1.82) is 0 Å². The quantitative estimate of drug-likeness (QED) is 0.202. The highest BCUT2D eigenvalue weighted by molar-refractivity contribution is 5.94. The number of likely N-dealkylation sites (tertiary alicyclic amines) is 1. The molecule has 1 heterocycles. The molecule has 3 amide bonds. The van der Waals surface area contributed by atoms with Crippen LogP contribution in [0.15, 0.2) is 0 Å². The van der Waals surface area contributed by atoms with Gasteiger partial charge >= 0.3 is 11.9 Å². The third-order valence-corrected chi connectivity index (χ3v) is 4.96. The summed E-state index contributed by atoms with van der Waals surface area (Å²) in [5.41, 5.74) is 5.96. The van der Waals surface area contributed by atoms with E-state index in [2.05, 4.69) is 10.6 Å². The number of carboxylic acids is 2. The molecule has 0 bridgehead atoms. The molecular weight excluding hydrogens is 412 g/mol. The molecule has 4 unspecified atom stereocenters. The average molecular weight is 444 g/mol. The molecule has 0 aromatic heterocycles. The van der Waals surface area contributed by atoms with Crippen molar-refractivity contribution in [3.8, 4) is 0 Å². The van der Waals surface area contributed by atoms with Crippen LogP contribution < -0.4 is 16.4 Å². The summed E-state index contributed by atoms with van der Waals surface area (Å²) < 4.78 is 0. The maximum absolute atomic E-state index is 12.8. The summed E-state index contributed by atoms with van der Waals surface area (Å²) in [6.45, 7) is 3.30. The smallest absolute Gasteiger partial charge is 0.328 e. The van der Waals surface area contributed by atoms with Gasteiger partial charge in [-0.1, -0.05) is 13.8 Å². The largest absolute Gasteiger partial charge is 0.481 e. The second kappa shape index (κ2) is 12.2. The topological polar surface area (TPSA) is 199 Å². The van der Waals surface area contributed by atoms with Crippen LogP contribution in [0, 0.1) is 5.92 Å². The number of nitrogens with two attached hydrogens (primary N) is 1. The maximum Gasteiger partial charge on any atom is 0.328 e. The molecule has 0 spiro atoms. The lowest BCUT2D eigenvalue weighted by Gasteiger charge is -2.29. The van der Waals surface area contributed by atoms with Gasteiger partial charge in [0.2, 0.25) is 17.7 Å². The van der Waals surface area contributed by atoms with Gasteiger partial charge in [0.1, 0.15) is 18.1 Å². The lowest BCUT2D eigenvalue weighted by atomic mass is 10.0. The number of carboxylic acid groups (broad SMARTS) is 2. The second-order valence-electron chi connectivity index (χ2n) is 8.00. The Morgan fingerprint density at radius 3 is 2.26 bits per heavy atom. The van der Waals surface area contributed by atoms with E-state index in [4.69, 9.17) is 21.1 Å². The van der Waals surface area contributed by atoms with E-state index in [0.717, 1.165) is 0 Å². The maximum atomic E-state index is 12.8. The van der Waals surface area contributed by atoms with E-state index >= 15 is 0 Å². The minimum Gasteiger partial charge on any atom is -0.481 e. The number of hydrogen-bond donors (Lipinski definition) is 6. The van der Waals surface area contributed by atoms with Gasteiger partial charge in [-0.2, -0.15) is 0 Å². The van der Waals surface area contributed by atoms with Gasteiger partial charge in [-0.05, 0) is 31.6 Å². The molecule has 0 aromatic rings. The molecule has 1 rings (SSSR count). The van der Waals surface area contributed by atoms with E-state index in [1.54, 1.807) is 0 Å². The molecule has 12 heteroatoms. The summed E-state index contributed by atoms with van der Waals surface area (Å²) in [6.07, 6.45) is 0.620. The summed E-state index contributed by atoms with van der Waals surface area (Å²) in [7, 11) is 0. The van der Waals surface area contributed by atoms with Crippen LogP contribution in [-0.4, -0.2) is 87.2 Å². The first kappa shape index (κ1) is 26.3. The number of hydrogen-bond acceptors (Lipinski definition) is 7. The Morgan fingerprint density at radius 2 is 1.74 bits per heavy atom. The van der Waals surface area contributed by atoms with Crippen molar-refractivity contribution in [2.24, 2.45) is 11.7 Å². The standard InChI is InChI=1S/C19H32N4O8/c1-10(2)8-11(20)18(29)23-7-3-4-14(23)17(28)21-12(5-6-15(25)26)16(27)22-13(9-24)19(30)31/h10-14,24H,3-9,20H2,1-2H3,(H,21,28)(H,22,27)(H,25,26)(H,30,31). The Morgan fingerprint density at radius 1 is 1.10 bits per heavy atom. The van der Waals surface area contributed by atoms with E-state index < -0.39 is 60.9 Å². The number of amides is 3. The normalized spacial score (nSPS) is 18.9.